The van der Waals surface area contributed by atoms with E-state index in [1.165, 1.54) is 4.31 Å². The number of aromatic nitrogens is 2. The molecule has 0 bridgehead atoms. The summed E-state index contributed by atoms with van der Waals surface area (Å²) in [6.07, 6.45) is 0. The van der Waals surface area contributed by atoms with E-state index in [0.717, 1.165) is 44.5 Å². The summed E-state index contributed by atoms with van der Waals surface area (Å²) in [6, 6.07) is 4.82. The number of rotatable bonds is 5. The van der Waals surface area contributed by atoms with Crippen molar-refractivity contribution in [3.63, 3.8) is 0 Å². The second kappa shape index (κ2) is 8.83. The van der Waals surface area contributed by atoms with Gasteiger partial charge in [0.1, 0.15) is 15.9 Å². The van der Waals surface area contributed by atoms with Crippen molar-refractivity contribution in [2.24, 2.45) is 0 Å². The maximum Gasteiger partial charge on any atom is 0.245 e. The molecule has 1 aromatic heterocycles. The Morgan fingerprint density at radius 2 is 1.77 bits per heavy atom. The Hall–Kier alpha value is -1.66. The SMILES string of the molecule is CCN1CCN(C(=O)C(C)N2CCN(S(=O)(=O)c3cccc4nsnc34)CC2)CC1. The zero-order valence-corrected chi connectivity index (χ0v) is 19.0. The molecule has 2 saturated heterocycles. The van der Waals surface area contributed by atoms with Crippen LogP contribution in [0.1, 0.15) is 13.8 Å². The first kappa shape index (κ1) is 21.6. The van der Waals surface area contributed by atoms with E-state index in [-0.39, 0.29) is 16.8 Å². The first-order valence-electron chi connectivity index (χ1n) is 10.4. The van der Waals surface area contributed by atoms with Crippen molar-refractivity contribution in [1.29, 1.82) is 0 Å². The summed E-state index contributed by atoms with van der Waals surface area (Å²) in [4.78, 5) is 19.5. The number of benzene rings is 1. The van der Waals surface area contributed by atoms with Gasteiger partial charge in [0.05, 0.1) is 17.8 Å². The Labute approximate surface area is 181 Å². The molecule has 2 aliphatic heterocycles. The molecule has 1 atom stereocenters. The van der Waals surface area contributed by atoms with Crippen LogP contribution >= 0.6 is 11.7 Å². The summed E-state index contributed by atoms with van der Waals surface area (Å²) >= 11 is 1.02. The van der Waals surface area contributed by atoms with Crippen molar-refractivity contribution in [1.82, 2.24) is 27.8 Å². The van der Waals surface area contributed by atoms with Crippen LogP contribution in [-0.2, 0) is 14.8 Å². The fraction of sp³-hybridized carbons (Fsp3) is 0.632. The molecule has 2 fully saturated rings. The molecule has 4 rings (SSSR count). The Kier molecular flexibility index (Phi) is 6.35. The highest BCUT2D eigenvalue weighted by Crippen LogP contribution is 2.25. The second-order valence-electron chi connectivity index (χ2n) is 7.76. The second-order valence-corrected chi connectivity index (χ2v) is 10.2. The van der Waals surface area contributed by atoms with E-state index in [4.69, 9.17) is 0 Å². The predicted molar refractivity (Wildman–Crippen MR) is 116 cm³/mol. The number of hydrogen-bond acceptors (Lipinski definition) is 8. The van der Waals surface area contributed by atoms with E-state index >= 15 is 0 Å². The normalized spacial score (nSPS) is 21.2. The molecular weight excluding hydrogens is 424 g/mol. The highest BCUT2D eigenvalue weighted by Gasteiger charge is 2.34. The smallest absolute Gasteiger partial charge is 0.245 e. The molecule has 164 valence electrons. The summed E-state index contributed by atoms with van der Waals surface area (Å²) in [7, 11) is -3.65. The van der Waals surface area contributed by atoms with Crippen LogP contribution < -0.4 is 0 Å². The van der Waals surface area contributed by atoms with Gasteiger partial charge < -0.3 is 9.80 Å². The van der Waals surface area contributed by atoms with Crippen molar-refractivity contribution in [3.8, 4) is 0 Å². The number of piperazine rings is 2. The third-order valence-electron chi connectivity index (χ3n) is 6.18. The lowest BCUT2D eigenvalue weighted by atomic mass is 10.2. The third kappa shape index (κ3) is 4.09. The average molecular weight is 453 g/mol. The summed E-state index contributed by atoms with van der Waals surface area (Å²) in [5.41, 5.74) is 1.03. The quantitative estimate of drug-likeness (QED) is 0.654. The summed E-state index contributed by atoms with van der Waals surface area (Å²) in [5, 5.41) is 0. The van der Waals surface area contributed by atoms with Gasteiger partial charge in [-0.15, -0.1) is 0 Å². The van der Waals surface area contributed by atoms with Gasteiger partial charge in [-0.1, -0.05) is 13.0 Å². The van der Waals surface area contributed by atoms with Crippen molar-refractivity contribution in [2.45, 2.75) is 24.8 Å². The highest BCUT2D eigenvalue weighted by atomic mass is 32.2. The summed E-state index contributed by atoms with van der Waals surface area (Å²) < 4.78 is 36.2. The van der Waals surface area contributed by atoms with Gasteiger partial charge in [0, 0.05) is 52.4 Å². The Bertz CT molecular complexity index is 995. The summed E-state index contributed by atoms with van der Waals surface area (Å²) in [6.45, 7) is 10.2. The number of likely N-dealkylation sites (N-methyl/N-ethyl adjacent to an activating group) is 1. The molecule has 1 amide bonds. The van der Waals surface area contributed by atoms with Crippen molar-refractivity contribution in [3.05, 3.63) is 18.2 Å². The molecule has 0 saturated carbocycles. The van der Waals surface area contributed by atoms with E-state index in [2.05, 4.69) is 25.5 Å². The lowest BCUT2D eigenvalue weighted by molar-refractivity contribution is -0.138. The zero-order chi connectivity index (χ0) is 21.3. The largest absolute Gasteiger partial charge is 0.339 e. The Balaban J connectivity index is 1.39. The first-order chi connectivity index (χ1) is 14.4. The van der Waals surface area contributed by atoms with Crippen molar-refractivity contribution in [2.75, 3.05) is 58.9 Å². The predicted octanol–water partition coefficient (Wildman–Crippen LogP) is 0.550. The number of hydrogen-bond donors (Lipinski definition) is 0. The van der Waals surface area contributed by atoms with Crippen LogP contribution in [0, 0.1) is 0 Å². The number of carbonyl (C=O) groups is 1. The molecule has 0 radical (unpaired) electrons. The topological polar surface area (TPSA) is 90.0 Å². The van der Waals surface area contributed by atoms with Crippen LogP contribution in [0.3, 0.4) is 0 Å². The average Bonchev–Trinajstić information content (AvgIpc) is 3.27. The minimum absolute atomic E-state index is 0.139. The fourth-order valence-corrected chi connectivity index (χ4v) is 6.34. The maximum absolute atomic E-state index is 13.2. The van der Waals surface area contributed by atoms with Crippen molar-refractivity contribution >= 4 is 38.7 Å². The van der Waals surface area contributed by atoms with Crippen molar-refractivity contribution < 1.29 is 13.2 Å². The van der Waals surface area contributed by atoms with Gasteiger partial charge in [-0.3, -0.25) is 9.69 Å². The van der Waals surface area contributed by atoms with Gasteiger partial charge in [0.15, 0.2) is 0 Å². The monoisotopic (exact) mass is 452 g/mol. The molecular formula is C19H28N6O3S2. The Morgan fingerprint density at radius 1 is 1.07 bits per heavy atom. The van der Waals surface area contributed by atoms with Gasteiger partial charge in [0.25, 0.3) is 0 Å². The van der Waals surface area contributed by atoms with Crippen LogP contribution in [0.25, 0.3) is 11.0 Å². The first-order valence-corrected chi connectivity index (χ1v) is 12.6. The van der Waals surface area contributed by atoms with Crippen LogP contribution in [0.5, 0.6) is 0 Å². The molecule has 0 N–H and O–H groups in total. The van der Waals surface area contributed by atoms with E-state index in [9.17, 15) is 13.2 Å². The number of nitrogens with zero attached hydrogens (tertiary/aromatic N) is 6. The van der Waals surface area contributed by atoms with E-state index < -0.39 is 10.0 Å². The van der Waals surface area contributed by atoms with Crippen LogP contribution in [0.2, 0.25) is 0 Å². The van der Waals surface area contributed by atoms with Crippen LogP contribution in [0.4, 0.5) is 0 Å². The van der Waals surface area contributed by atoms with Gasteiger partial charge in [-0.25, -0.2) is 8.42 Å². The highest BCUT2D eigenvalue weighted by molar-refractivity contribution is 7.89. The zero-order valence-electron chi connectivity index (χ0n) is 17.4. The molecule has 1 unspecified atom stereocenters. The molecule has 2 aliphatic rings. The van der Waals surface area contributed by atoms with E-state index in [0.29, 0.717) is 37.2 Å². The minimum atomic E-state index is -3.65. The number of sulfonamides is 1. The van der Waals surface area contributed by atoms with E-state index in [1.54, 1.807) is 18.2 Å². The van der Waals surface area contributed by atoms with Crippen LogP contribution in [0.15, 0.2) is 23.1 Å². The lowest BCUT2D eigenvalue weighted by Crippen LogP contribution is -2.57. The lowest BCUT2D eigenvalue weighted by Gasteiger charge is -2.40. The van der Waals surface area contributed by atoms with Crippen LogP contribution in [-0.4, -0.2) is 107 Å². The standard InChI is InChI=1S/C19H28N6O3S2/c1-3-22-7-9-24(10-8-22)19(26)15(2)23-11-13-25(14-12-23)30(27,28)17-6-4-5-16-18(17)21-29-20-16/h4-6,15H,3,7-14H2,1-2H3. The number of carbonyl (C=O) groups excluding carboxylic acids is 1. The molecule has 0 spiro atoms. The molecule has 0 aliphatic carbocycles. The Morgan fingerprint density at radius 3 is 2.43 bits per heavy atom. The molecule has 30 heavy (non-hydrogen) atoms. The van der Waals surface area contributed by atoms with Gasteiger partial charge >= 0.3 is 0 Å². The van der Waals surface area contributed by atoms with Gasteiger partial charge in [0.2, 0.25) is 15.9 Å². The molecule has 9 nitrogen and oxygen atoms in total. The van der Waals surface area contributed by atoms with Gasteiger partial charge in [-0.2, -0.15) is 13.1 Å². The number of fused-ring (bicyclic) bond motifs is 1. The van der Waals surface area contributed by atoms with Gasteiger partial charge in [-0.05, 0) is 25.6 Å². The van der Waals surface area contributed by atoms with E-state index in [1.807, 2.05) is 11.8 Å². The third-order valence-corrected chi connectivity index (χ3v) is 8.65. The summed E-state index contributed by atoms with van der Waals surface area (Å²) in [5.74, 6) is 0.139. The number of amides is 1. The maximum atomic E-state index is 13.2. The molecule has 3 heterocycles. The minimum Gasteiger partial charge on any atom is -0.339 e. The molecule has 1 aromatic carbocycles. The molecule has 2 aromatic rings. The molecule has 11 heteroatoms. The fourth-order valence-electron chi connectivity index (χ4n) is 4.16.